The van der Waals surface area contributed by atoms with Crippen LogP contribution >= 0.6 is 0 Å². The molecule has 0 radical (unpaired) electrons. The van der Waals surface area contributed by atoms with Gasteiger partial charge >= 0.3 is 0 Å². The second kappa shape index (κ2) is 6.08. The van der Waals surface area contributed by atoms with Crippen LogP contribution in [0.3, 0.4) is 0 Å². The molecular weight excluding hydrogens is 260 g/mol. The summed E-state index contributed by atoms with van der Waals surface area (Å²) in [5.74, 6) is 1.79. The summed E-state index contributed by atoms with van der Waals surface area (Å²) in [6, 6.07) is 8.80. The van der Waals surface area contributed by atoms with Crippen molar-refractivity contribution >= 4 is 17.3 Å². The van der Waals surface area contributed by atoms with Gasteiger partial charge in [-0.2, -0.15) is 0 Å². The second-order valence-electron chi connectivity index (χ2n) is 6.81. The van der Waals surface area contributed by atoms with Crippen LogP contribution in [0.15, 0.2) is 24.3 Å². The van der Waals surface area contributed by atoms with Crippen LogP contribution < -0.4 is 10.2 Å². The van der Waals surface area contributed by atoms with E-state index in [-0.39, 0.29) is 5.91 Å². The molecule has 1 aromatic rings. The molecule has 1 saturated carbocycles. The Bertz CT molecular complexity index is 514. The van der Waals surface area contributed by atoms with Gasteiger partial charge in [-0.25, -0.2) is 0 Å². The standard InChI is InChI=1S/C18H26N2O/c1-13-9-10-15(14(2)12-13)19-16-6-3-4-7-17(16)20-11-5-8-18(20)21/h3-4,6-7,13-15,19H,5,8-12H2,1-2H3. The Morgan fingerprint density at radius 2 is 2.00 bits per heavy atom. The van der Waals surface area contributed by atoms with Crippen molar-refractivity contribution in [1.82, 2.24) is 0 Å². The average molecular weight is 286 g/mol. The second-order valence-corrected chi connectivity index (χ2v) is 6.81. The van der Waals surface area contributed by atoms with Crippen LogP contribution in [0, 0.1) is 11.8 Å². The smallest absolute Gasteiger partial charge is 0.227 e. The summed E-state index contributed by atoms with van der Waals surface area (Å²) in [6.45, 7) is 5.55. The van der Waals surface area contributed by atoms with Crippen LogP contribution in [-0.2, 0) is 4.79 Å². The summed E-state index contributed by atoms with van der Waals surface area (Å²) >= 11 is 0. The number of benzene rings is 1. The molecule has 3 heteroatoms. The van der Waals surface area contributed by atoms with Crippen molar-refractivity contribution in [3.8, 4) is 0 Å². The Morgan fingerprint density at radius 3 is 2.71 bits per heavy atom. The quantitative estimate of drug-likeness (QED) is 0.909. The lowest BCUT2D eigenvalue weighted by Gasteiger charge is -2.35. The summed E-state index contributed by atoms with van der Waals surface area (Å²) in [4.78, 5) is 14.0. The number of nitrogens with zero attached hydrogens (tertiary/aromatic N) is 1. The molecule has 1 heterocycles. The monoisotopic (exact) mass is 286 g/mol. The van der Waals surface area contributed by atoms with E-state index in [4.69, 9.17) is 0 Å². The molecule has 3 rings (SSSR count). The van der Waals surface area contributed by atoms with Crippen LogP contribution in [0.2, 0.25) is 0 Å². The zero-order chi connectivity index (χ0) is 14.8. The molecule has 114 valence electrons. The van der Waals surface area contributed by atoms with Crippen molar-refractivity contribution in [1.29, 1.82) is 0 Å². The van der Waals surface area contributed by atoms with Crippen molar-refractivity contribution < 1.29 is 4.79 Å². The lowest BCUT2D eigenvalue weighted by molar-refractivity contribution is -0.117. The lowest BCUT2D eigenvalue weighted by Crippen LogP contribution is -2.34. The van der Waals surface area contributed by atoms with E-state index in [0.717, 1.165) is 30.3 Å². The zero-order valence-electron chi connectivity index (χ0n) is 13.1. The summed E-state index contributed by atoms with van der Waals surface area (Å²) in [6.07, 6.45) is 5.48. The number of amides is 1. The molecule has 2 fully saturated rings. The number of rotatable bonds is 3. The van der Waals surface area contributed by atoms with Gasteiger partial charge in [0.05, 0.1) is 11.4 Å². The van der Waals surface area contributed by atoms with Crippen molar-refractivity contribution in [2.45, 2.75) is 52.0 Å². The van der Waals surface area contributed by atoms with Crippen molar-refractivity contribution in [3.63, 3.8) is 0 Å². The number of carbonyl (C=O) groups excluding carboxylic acids is 1. The maximum Gasteiger partial charge on any atom is 0.227 e. The Balaban J connectivity index is 1.78. The third-order valence-corrected chi connectivity index (χ3v) is 5.04. The van der Waals surface area contributed by atoms with E-state index in [1.165, 1.54) is 19.3 Å². The van der Waals surface area contributed by atoms with E-state index in [9.17, 15) is 4.79 Å². The number of nitrogens with one attached hydrogen (secondary N) is 1. The SMILES string of the molecule is CC1CCC(Nc2ccccc2N2CCCC2=O)C(C)C1. The largest absolute Gasteiger partial charge is 0.380 e. The predicted molar refractivity (Wildman–Crippen MR) is 87.6 cm³/mol. The molecule has 0 aromatic heterocycles. The first-order chi connectivity index (χ1) is 10.1. The minimum absolute atomic E-state index is 0.259. The van der Waals surface area contributed by atoms with Crippen LogP contribution in [0.25, 0.3) is 0 Å². The Morgan fingerprint density at radius 1 is 1.19 bits per heavy atom. The van der Waals surface area contributed by atoms with Crippen LogP contribution in [0.4, 0.5) is 11.4 Å². The Hall–Kier alpha value is -1.51. The Labute approximate surface area is 127 Å². The van der Waals surface area contributed by atoms with E-state index in [2.05, 4.69) is 37.4 Å². The minimum atomic E-state index is 0.259. The van der Waals surface area contributed by atoms with Crippen LogP contribution in [0.1, 0.15) is 46.0 Å². The number of hydrogen-bond acceptors (Lipinski definition) is 2. The van der Waals surface area contributed by atoms with Gasteiger partial charge in [-0.1, -0.05) is 26.0 Å². The molecule has 1 saturated heterocycles. The first kappa shape index (κ1) is 14.4. The van der Waals surface area contributed by atoms with Gasteiger partial charge in [0.1, 0.15) is 0 Å². The first-order valence-corrected chi connectivity index (χ1v) is 8.31. The van der Waals surface area contributed by atoms with Gasteiger partial charge in [0.2, 0.25) is 5.91 Å². The lowest BCUT2D eigenvalue weighted by atomic mass is 9.80. The van der Waals surface area contributed by atoms with Crippen molar-refractivity contribution in [3.05, 3.63) is 24.3 Å². The summed E-state index contributed by atoms with van der Waals surface area (Å²) in [7, 11) is 0. The maximum atomic E-state index is 12.0. The highest BCUT2D eigenvalue weighted by atomic mass is 16.2. The van der Waals surface area contributed by atoms with Gasteiger partial charge in [0.15, 0.2) is 0 Å². The summed E-state index contributed by atoms with van der Waals surface area (Å²) in [5.41, 5.74) is 2.19. The Kier molecular flexibility index (Phi) is 4.18. The minimum Gasteiger partial charge on any atom is -0.380 e. The van der Waals surface area contributed by atoms with Gasteiger partial charge in [-0.05, 0) is 49.7 Å². The molecule has 1 amide bonds. The molecule has 1 aliphatic heterocycles. The number of carbonyl (C=O) groups is 1. The van der Waals surface area contributed by atoms with Crippen molar-refractivity contribution in [2.24, 2.45) is 11.8 Å². The molecule has 1 aromatic carbocycles. The van der Waals surface area contributed by atoms with Gasteiger partial charge in [0, 0.05) is 19.0 Å². The predicted octanol–water partition coefficient (Wildman–Crippen LogP) is 4.05. The zero-order valence-corrected chi connectivity index (χ0v) is 13.1. The van der Waals surface area contributed by atoms with Gasteiger partial charge in [-0.15, -0.1) is 0 Å². The number of para-hydroxylation sites is 2. The van der Waals surface area contributed by atoms with E-state index < -0.39 is 0 Å². The molecule has 2 aliphatic rings. The van der Waals surface area contributed by atoms with Crippen molar-refractivity contribution in [2.75, 3.05) is 16.8 Å². The van der Waals surface area contributed by atoms with E-state index in [1.54, 1.807) is 0 Å². The number of hydrogen-bond donors (Lipinski definition) is 1. The molecule has 3 atom stereocenters. The van der Waals surface area contributed by atoms with Gasteiger partial charge < -0.3 is 10.2 Å². The summed E-state index contributed by atoms with van der Waals surface area (Å²) in [5, 5.41) is 3.72. The molecule has 3 nitrogen and oxygen atoms in total. The molecule has 3 unspecified atom stereocenters. The fraction of sp³-hybridized carbons (Fsp3) is 0.611. The highest BCUT2D eigenvalue weighted by Gasteiger charge is 2.28. The summed E-state index contributed by atoms with van der Waals surface area (Å²) < 4.78 is 0. The van der Waals surface area contributed by atoms with E-state index >= 15 is 0 Å². The molecule has 0 bridgehead atoms. The topological polar surface area (TPSA) is 32.3 Å². The average Bonchev–Trinajstić information content (AvgIpc) is 2.89. The van der Waals surface area contributed by atoms with Crippen LogP contribution in [-0.4, -0.2) is 18.5 Å². The highest BCUT2D eigenvalue weighted by Crippen LogP contribution is 2.34. The molecule has 21 heavy (non-hydrogen) atoms. The van der Waals surface area contributed by atoms with E-state index in [1.807, 2.05) is 11.0 Å². The molecular formula is C18H26N2O. The number of anilines is 2. The third kappa shape index (κ3) is 3.07. The fourth-order valence-electron chi connectivity index (χ4n) is 3.81. The normalized spacial score (nSPS) is 29.7. The van der Waals surface area contributed by atoms with Crippen LogP contribution in [0.5, 0.6) is 0 Å². The molecule has 1 aliphatic carbocycles. The maximum absolute atomic E-state index is 12.0. The third-order valence-electron chi connectivity index (χ3n) is 5.04. The molecule has 1 N–H and O–H groups in total. The first-order valence-electron chi connectivity index (χ1n) is 8.31. The fourth-order valence-corrected chi connectivity index (χ4v) is 3.81. The van der Waals surface area contributed by atoms with E-state index in [0.29, 0.717) is 18.4 Å². The highest BCUT2D eigenvalue weighted by molar-refractivity contribution is 5.98. The van der Waals surface area contributed by atoms with Gasteiger partial charge in [0.25, 0.3) is 0 Å². The molecule has 0 spiro atoms. The van der Waals surface area contributed by atoms with Gasteiger partial charge in [-0.3, -0.25) is 4.79 Å².